The maximum Gasteiger partial charge on any atom is 0.416 e. The zero-order valence-electron chi connectivity index (χ0n) is 25.6. The molecular weight excluding hydrogens is 621 g/mol. The van der Waals surface area contributed by atoms with Crippen LogP contribution in [0, 0.1) is 0 Å². The SMILES string of the molecule is CN(C)P(=O)(C(Nc1ccc(OCCOc2ccc(-c3ccc(C(F)(F)F)cc3)cc2)s1)P(=O)(N(C)C)N(C)C)N(C)C. The van der Waals surface area contributed by atoms with E-state index in [0.29, 0.717) is 21.4 Å². The molecule has 0 bridgehead atoms. The van der Waals surface area contributed by atoms with Gasteiger partial charge >= 0.3 is 6.18 Å². The summed E-state index contributed by atoms with van der Waals surface area (Å²) in [6.45, 7) is 0.516. The van der Waals surface area contributed by atoms with Crippen molar-refractivity contribution in [1.82, 2.24) is 18.7 Å². The molecule has 15 heteroatoms. The summed E-state index contributed by atoms with van der Waals surface area (Å²) in [5, 5.41) is 4.58. The molecule has 1 aromatic heterocycles. The highest BCUT2D eigenvalue weighted by atomic mass is 32.1. The number of hydrogen-bond donors (Lipinski definition) is 1. The van der Waals surface area contributed by atoms with Gasteiger partial charge in [-0.3, -0.25) is 9.13 Å². The Kier molecular flexibility index (Phi) is 11.6. The standard InChI is InChI=1S/C28H40F3N5O4P2S/c1-33(2)41(37,34(3)4)27(42(38,35(5)6)36(7)8)32-25-17-18-26(43-25)40-20-19-39-24-15-11-22(12-16-24)21-9-13-23(14-10-21)28(29,30)31/h9-18,27,32H,19-20H2,1-8H3. The monoisotopic (exact) mass is 661 g/mol. The zero-order chi connectivity index (χ0) is 32.2. The van der Waals surface area contributed by atoms with E-state index in [4.69, 9.17) is 9.47 Å². The highest BCUT2D eigenvalue weighted by Crippen LogP contribution is 2.71. The van der Waals surface area contributed by atoms with Crippen molar-refractivity contribution in [2.75, 3.05) is 74.9 Å². The van der Waals surface area contributed by atoms with Crippen molar-refractivity contribution in [3.05, 3.63) is 66.2 Å². The van der Waals surface area contributed by atoms with Crippen molar-refractivity contribution in [3.63, 3.8) is 0 Å². The summed E-state index contributed by atoms with van der Waals surface area (Å²) in [7, 11) is 7.07. The van der Waals surface area contributed by atoms with Crippen LogP contribution < -0.4 is 14.8 Å². The van der Waals surface area contributed by atoms with Gasteiger partial charge in [-0.05, 0) is 104 Å². The van der Waals surface area contributed by atoms with Gasteiger partial charge in [0.2, 0.25) is 14.9 Å². The summed E-state index contributed by atoms with van der Waals surface area (Å²) in [5.74, 6) is 0.599. The molecule has 0 amide bonds. The Morgan fingerprint density at radius 2 is 1.14 bits per heavy atom. The van der Waals surface area contributed by atoms with Gasteiger partial charge in [0, 0.05) is 0 Å². The number of rotatable bonds is 14. The van der Waals surface area contributed by atoms with Crippen LogP contribution in [-0.4, -0.2) is 93.8 Å². The minimum absolute atomic E-state index is 0.256. The quantitative estimate of drug-likeness (QED) is 0.142. The lowest BCUT2D eigenvalue weighted by molar-refractivity contribution is -0.137. The predicted molar refractivity (Wildman–Crippen MR) is 170 cm³/mol. The van der Waals surface area contributed by atoms with Gasteiger partial charge < -0.3 is 14.8 Å². The predicted octanol–water partition coefficient (Wildman–Crippen LogP) is 7.22. The Balaban J connectivity index is 1.63. The third-order valence-electron chi connectivity index (χ3n) is 6.78. The Morgan fingerprint density at radius 3 is 1.58 bits per heavy atom. The normalized spacial score (nSPS) is 13.0. The number of benzene rings is 2. The van der Waals surface area contributed by atoms with Crippen LogP contribution in [0.1, 0.15) is 5.56 Å². The number of nitrogens with zero attached hydrogens (tertiary/aromatic N) is 4. The molecule has 43 heavy (non-hydrogen) atoms. The molecule has 1 N–H and O–H groups in total. The van der Waals surface area contributed by atoms with Crippen LogP contribution >= 0.6 is 26.2 Å². The van der Waals surface area contributed by atoms with Crippen LogP contribution in [0.2, 0.25) is 0 Å². The largest absolute Gasteiger partial charge is 0.490 e. The molecule has 0 saturated heterocycles. The number of hydrogen-bond acceptors (Lipinski definition) is 6. The van der Waals surface area contributed by atoms with E-state index in [1.165, 1.54) is 23.5 Å². The van der Waals surface area contributed by atoms with Crippen molar-refractivity contribution < 1.29 is 31.8 Å². The molecule has 0 spiro atoms. The molecule has 0 atom stereocenters. The van der Waals surface area contributed by atoms with Gasteiger partial charge in [0.25, 0.3) is 0 Å². The van der Waals surface area contributed by atoms with Crippen molar-refractivity contribution >= 4 is 31.2 Å². The van der Waals surface area contributed by atoms with Crippen LogP contribution in [0.3, 0.4) is 0 Å². The Morgan fingerprint density at radius 1 is 0.698 bits per heavy atom. The molecule has 1 heterocycles. The van der Waals surface area contributed by atoms with Crippen LogP contribution in [-0.2, 0) is 15.3 Å². The maximum absolute atomic E-state index is 14.4. The second-order valence-corrected chi connectivity index (χ2v) is 18.5. The highest BCUT2D eigenvalue weighted by Gasteiger charge is 2.52. The van der Waals surface area contributed by atoms with E-state index in [2.05, 4.69) is 5.32 Å². The summed E-state index contributed by atoms with van der Waals surface area (Å²) < 4.78 is 85.3. The van der Waals surface area contributed by atoms with Crippen molar-refractivity contribution in [1.29, 1.82) is 0 Å². The molecule has 9 nitrogen and oxygen atoms in total. The molecule has 2 aromatic carbocycles. The van der Waals surface area contributed by atoms with E-state index in [1.807, 2.05) is 0 Å². The van der Waals surface area contributed by atoms with Crippen molar-refractivity contribution in [2.45, 2.75) is 11.7 Å². The lowest BCUT2D eigenvalue weighted by Gasteiger charge is -2.44. The zero-order valence-corrected chi connectivity index (χ0v) is 28.2. The Labute approximate surface area is 256 Å². The summed E-state index contributed by atoms with van der Waals surface area (Å²) in [5.41, 5.74) is -0.160. The van der Waals surface area contributed by atoms with E-state index < -0.39 is 32.2 Å². The Hall–Kier alpha value is -2.37. The number of alkyl halides is 3. The fourth-order valence-electron chi connectivity index (χ4n) is 4.45. The fraction of sp³-hybridized carbons (Fsp3) is 0.429. The van der Waals surface area contributed by atoms with Crippen LogP contribution in [0.25, 0.3) is 11.1 Å². The van der Waals surface area contributed by atoms with Crippen LogP contribution in [0.5, 0.6) is 10.8 Å². The minimum Gasteiger partial charge on any atom is -0.490 e. The summed E-state index contributed by atoms with van der Waals surface area (Å²) in [6.07, 6.45) is -4.37. The molecule has 238 valence electrons. The molecule has 0 fully saturated rings. The first kappa shape index (κ1) is 35.1. The molecular formula is C28H40F3N5O4P2S. The minimum atomic E-state index is -4.37. The summed E-state index contributed by atoms with van der Waals surface area (Å²) in [6, 6.07) is 15.7. The van der Waals surface area contributed by atoms with Gasteiger partial charge in [0.1, 0.15) is 19.0 Å². The lowest BCUT2D eigenvalue weighted by Crippen LogP contribution is -2.40. The molecule has 3 rings (SSSR count). The number of ether oxygens (including phenoxy) is 2. The van der Waals surface area contributed by atoms with E-state index in [0.717, 1.165) is 17.7 Å². The van der Waals surface area contributed by atoms with Gasteiger partial charge in [-0.2, -0.15) is 13.2 Å². The molecule has 0 aliphatic heterocycles. The summed E-state index contributed by atoms with van der Waals surface area (Å²) >= 11 is 1.31. The summed E-state index contributed by atoms with van der Waals surface area (Å²) in [4.78, 5) is 0. The van der Waals surface area contributed by atoms with Gasteiger partial charge in [-0.25, -0.2) is 18.7 Å². The number of thiophene rings is 1. The average molecular weight is 662 g/mol. The average Bonchev–Trinajstić information content (AvgIpc) is 3.40. The third kappa shape index (κ3) is 8.02. The van der Waals surface area contributed by atoms with E-state index in [-0.39, 0.29) is 13.2 Å². The molecule has 0 unspecified atom stereocenters. The first-order valence-electron chi connectivity index (χ1n) is 13.3. The number of nitrogens with one attached hydrogen (secondary N) is 1. The van der Waals surface area contributed by atoms with Gasteiger partial charge in [-0.1, -0.05) is 35.6 Å². The molecule has 0 aliphatic carbocycles. The first-order chi connectivity index (χ1) is 20.0. The lowest BCUT2D eigenvalue weighted by atomic mass is 10.0. The second kappa shape index (κ2) is 14.2. The van der Waals surface area contributed by atoms with Gasteiger partial charge in [0.15, 0.2) is 10.6 Å². The topological polar surface area (TPSA) is 77.6 Å². The molecule has 0 radical (unpaired) electrons. The van der Waals surface area contributed by atoms with Crippen LogP contribution in [0.4, 0.5) is 18.2 Å². The molecule has 0 aliphatic rings. The number of halogens is 3. The molecule has 3 aromatic rings. The van der Waals surface area contributed by atoms with Crippen molar-refractivity contribution in [2.24, 2.45) is 0 Å². The smallest absolute Gasteiger partial charge is 0.416 e. The Bertz CT molecular complexity index is 1370. The van der Waals surface area contributed by atoms with Crippen LogP contribution in [0.15, 0.2) is 60.7 Å². The van der Waals surface area contributed by atoms with Crippen molar-refractivity contribution in [3.8, 4) is 21.9 Å². The van der Waals surface area contributed by atoms with E-state index in [1.54, 1.807) is 111 Å². The number of anilines is 1. The second-order valence-electron chi connectivity index (χ2n) is 10.5. The third-order valence-corrected chi connectivity index (χ3v) is 15.6. The highest BCUT2D eigenvalue weighted by molar-refractivity contribution is 7.77. The van der Waals surface area contributed by atoms with Gasteiger partial charge in [0.05, 0.1) is 10.6 Å². The fourth-order valence-corrected chi connectivity index (χ4v) is 13.3. The first-order valence-corrected chi connectivity index (χ1v) is 17.5. The van der Waals surface area contributed by atoms with Gasteiger partial charge in [-0.15, -0.1) is 0 Å². The van der Waals surface area contributed by atoms with E-state index >= 15 is 0 Å². The van der Waals surface area contributed by atoms with E-state index in [9.17, 15) is 22.3 Å². The maximum atomic E-state index is 14.4. The molecule has 0 saturated carbocycles.